The van der Waals surface area contributed by atoms with Crippen LogP contribution < -0.4 is 5.32 Å². The second-order valence-electron chi connectivity index (χ2n) is 7.03. The third kappa shape index (κ3) is 3.90. The van der Waals surface area contributed by atoms with Crippen LogP contribution in [0.1, 0.15) is 17.5 Å². The SMILES string of the molecule is O=C1CCc2cc(S(=O)(=O)N3CCN(Cc4ccccc4)CC3)ccc2N1. The molecular formula is C20H23N3O3S. The molecule has 0 saturated carbocycles. The Morgan fingerprint density at radius 3 is 2.41 bits per heavy atom. The summed E-state index contributed by atoms with van der Waals surface area (Å²) in [6, 6.07) is 15.2. The number of aryl methyl sites for hydroxylation is 1. The molecule has 1 saturated heterocycles. The Morgan fingerprint density at radius 1 is 0.926 bits per heavy atom. The first-order chi connectivity index (χ1) is 13.0. The minimum Gasteiger partial charge on any atom is -0.326 e. The smallest absolute Gasteiger partial charge is 0.243 e. The van der Waals surface area contributed by atoms with Gasteiger partial charge in [-0.3, -0.25) is 9.69 Å². The minimum atomic E-state index is -3.51. The van der Waals surface area contributed by atoms with Crippen molar-refractivity contribution >= 4 is 21.6 Å². The molecule has 0 radical (unpaired) electrons. The lowest BCUT2D eigenvalue weighted by Crippen LogP contribution is -2.48. The number of piperazine rings is 1. The van der Waals surface area contributed by atoms with Crippen LogP contribution in [-0.2, 0) is 27.8 Å². The van der Waals surface area contributed by atoms with E-state index in [1.54, 1.807) is 22.5 Å². The van der Waals surface area contributed by atoms with Crippen LogP contribution >= 0.6 is 0 Å². The Kier molecular flexibility index (Phi) is 4.99. The standard InChI is InChI=1S/C20H23N3O3S/c24-20-9-6-17-14-18(7-8-19(17)21-20)27(25,26)23-12-10-22(11-13-23)15-16-4-2-1-3-5-16/h1-5,7-8,14H,6,9-13,15H2,(H,21,24). The van der Waals surface area contributed by atoms with E-state index in [0.717, 1.165) is 30.9 Å². The minimum absolute atomic E-state index is 0.0207. The molecule has 0 bridgehead atoms. The van der Waals surface area contributed by atoms with Crippen molar-refractivity contribution in [3.8, 4) is 0 Å². The van der Waals surface area contributed by atoms with Crippen molar-refractivity contribution in [1.29, 1.82) is 0 Å². The van der Waals surface area contributed by atoms with Gasteiger partial charge in [-0.2, -0.15) is 4.31 Å². The number of carbonyl (C=O) groups excluding carboxylic acids is 1. The summed E-state index contributed by atoms with van der Waals surface area (Å²) in [5.41, 5.74) is 2.85. The average molecular weight is 385 g/mol. The van der Waals surface area contributed by atoms with Crippen molar-refractivity contribution in [2.24, 2.45) is 0 Å². The third-order valence-electron chi connectivity index (χ3n) is 5.19. The molecule has 1 N–H and O–H groups in total. The fourth-order valence-electron chi connectivity index (χ4n) is 3.64. The normalized spacial score (nSPS) is 18.7. The number of nitrogens with zero attached hydrogens (tertiary/aromatic N) is 2. The van der Waals surface area contributed by atoms with Gasteiger partial charge in [-0.1, -0.05) is 30.3 Å². The van der Waals surface area contributed by atoms with Crippen LogP contribution in [0.2, 0.25) is 0 Å². The highest BCUT2D eigenvalue weighted by Gasteiger charge is 2.29. The first-order valence-corrected chi connectivity index (χ1v) is 10.7. The Morgan fingerprint density at radius 2 is 1.67 bits per heavy atom. The van der Waals surface area contributed by atoms with Crippen molar-refractivity contribution in [3.05, 3.63) is 59.7 Å². The predicted molar refractivity (Wildman–Crippen MR) is 104 cm³/mol. The maximum absolute atomic E-state index is 13.0. The number of sulfonamides is 1. The summed E-state index contributed by atoms with van der Waals surface area (Å²) in [6.45, 7) is 3.25. The molecule has 4 rings (SSSR count). The summed E-state index contributed by atoms with van der Waals surface area (Å²) < 4.78 is 27.6. The van der Waals surface area contributed by atoms with Crippen molar-refractivity contribution in [2.75, 3.05) is 31.5 Å². The van der Waals surface area contributed by atoms with Gasteiger partial charge in [0.25, 0.3) is 0 Å². The molecule has 1 amide bonds. The molecule has 2 aliphatic heterocycles. The van der Waals surface area contributed by atoms with Gasteiger partial charge in [0.1, 0.15) is 0 Å². The lowest BCUT2D eigenvalue weighted by Gasteiger charge is -2.34. The van der Waals surface area contributed by atoms with Gasteiger partial charge in [-0.15, -0.1) is 0 Å². The van der Waals surface area contributed by atoms with Crippen LogP contribution in [0.3, 0.4) is 0 Å². The molecule has 0 unspecified atom stereocenters. The number of anilines is 1. The second-order valence-corrected chi connectivity index (χ2v) is 8.97. The molecule has 0 aromatic heterocycles. The molecule has 0 spiro atoms. The largest absolute Gasteiger partial charge is 0.326 e. The maximum Gasteiger partial charge on any atom is 0.243 e. The summed E-state index contributed by atoms with van der Waals surface area (Å²) in [4.78, 5) is 14.1. The van der Waals surface area contributed by atoms with Crippen LogP contribution in [0.5, 0.6) is 0 Å². The first-order valence-electron chi connectivity index (χ1n) is 9.21. The molecule has 6 nitrogen and oxygen atoms in total. The van der Waals surface area contributed by atoms with E-state index < -0.39 is 10.0 Å². The summed E-state index contributed by atoms with van der Waals surface area (Å²) in [5, 5.41) is 2.79. The molecule has 7 heteroatoms. The van der Waals surface area contributed by atoms with Crippen LogP contribution in [0.4, 0.5) is 5.69 Å². The quantitative estimate of drug-likeness (QED) is 0.875. The second kappa shape index (κ2) is 7.42. The van der Waals surface area contributed by atoms with Gasteiger partial charge < -0.3 is 5.32 Å². The molecule has 142 valence electrons. The third-order valence-corrected chi connectivity index (χ3v) is 7.08. The lowest BCUT2D eigenvalue weighted by molar-refractivity contribution is -0.116. The topological polar surface area (TPSA) is 69.7 Å². The average Bonchev–Trinajstić information content (AvgIpc) is 2.69. The highest BCUT2D eigenvalue weighted by molar-refractivity contribution is 7.89. The molecule has 2 aromatic rings. The number of carbonyl (C=O) groups is 1. The molecule has 1 fully saturated rings. The van der Waals surface area contributed by atoms with Crippen molar-refractivity contribution in [1.82, 2.24) is 9.21 Å². The van der Waals surface area contributed by atoms with E-state index in [1.807, 2.05) is 18.2 Å². The number of fused-ring (bicyclic) bond motifs is 1. The summed E-state index contributed by atoms with van der Waals surface area (Å²) in [5.74, 6) is -0.0207. The van der Waals surface area contributed by atoms with Crippen molar-refractivity contribution in [3.63, 3.8) is 0 Å². The zero-order valence-corrected chi connectivity index (χ0v) is 15.9. The van der Waals surface area contributed by atoms with Crippen molar-refractivity contribution in [2.45, 2.75) is 24.3 Å². The Balaban J connectivity index is 1.44. The van der Waals surface area contributed by atoms with Gasteiger partial charge in [0.15, 0.2) is 0 Å². The number of rotatable bonds is 4. The van der Waals surface area contributed by atoms with Gasteiger partial charge in [0.05, 0.1) is 4.90 Å². The fourth-order valence-corrected chi connectivity index (χ4v) is 5.11. The molecule has 27 heavy (non-hydrogen) atoms. The summed E-state index contributed by atoms with van der Waals surface area (Å²) in [7, 11) is -3.51. The number of amides is 1. The van der Waals surface area contributed by atoms with Crippen LogP contribution in [0.15, 0.2) is 53.4 Å². The molecule has 0 atom stereocenters. The first kappa shape index (κ1) is 18.2. The van der Waals surface area contributed by atoms with E-state index >= 15 is 0 Å². The van der Waals surface area contributed by atoms with E-state index in [2.05, 4.69) is 22.3 Å². The maximum atomic E-state index is 13.0. The number of benzene rings is 2. The number of hydrogen-bond acceptors (Lipinski definition) is 4. The monoisotopic (exact) mass is 385 g/mol. The summed E-state index contributed by atoms with van der Waals surface area (Å²) in [6.07, 6.45) is 0.976. The van der Waals surface area contributed by atoms with Gasteiger partial charge in [0, 0.05) is 44.8 Å². The molecular weight excluding hydrogens is 362 g/mol. The van der Waals surface area contributed by atoms with E-state index in [9.17, 15) is 13.2 Å². The fraction of sp³-hybridized carbons (Fsp3) is 0.350. The van der Waals surface area contributed by atoms with Gasteiger partial charge >= 0.3 is 0 Å². The van der Waals surface area contributed by atoms with Gasteiger partial charge in [-0.05, 0) is 35.7 Å². The van der Waals surface area contributed by atoms with E-state index in [1.165, 1.54) is 5.56 Å². The van der Waals surface area contributed by atoms with Crippen LogP contribution in [-0.4, -0.2) is 49.7 Å². The number of nitrogens with one attached hydrogen (secondary N) is 1. The zero-order chi connectivity index (χ0) is 18.9. The van der Waals surface area contributed by atoms with Crippen LogP contribution in [0.25, 0.3) is 0 Å². The van der Waals surface area contributed by atoms with Gasteiger partial charge in [0.2, 0.25) is 15.9 Å². The van der Waals surface area contributed by atoms with E-state index in [-0.39, 0.29) is 5.91 Å². The lowest BCUT2D eigenvalue weighted by atomic mass is 10.0. The van der Waals surface area contributed by atoms with E-state index in [0.29, 0.717) is 30.8 Å². The highest BCUT2D eigenvalue weighted by Crippen LogP contribution is 2.27. The Hall–Kier alpha value is -2.22. The molecule has 2 heterocycles. The van der Waals surface area contributed by atoms with Gasteiger partial charge in [-0.25, -0.2) is 8.42 Å². The predicted octanol–water partition coefficient (Wildman–Crippen LogP) is 2.08. The number of hydrogen-bond donors (Lipinski definition) is 1. The zero-order valence-electron chi connectivity index (χ0n) is 15.1. The van der Waals surface area contributed by atoms with Crippen LogP contribution in [0, 0.1) is 0 Å². The van der Waals surface area contributed by atoms with E-state index in [4.69, 9.17) is 0 Å². The Labute approximate surface area is 159 Å². The molecule has 0 aliphatic carbocycles. The Bertz CT molecular complexity index is 936. The molecule has 2 aromatic carbocycles. The van der Waals surface area contributed by atoms with Crippen molar-refractivity contribution < 1.29 is 13.2 Å². The summed E-state index contributed by atoms with van der Waals surface area (Å²) >= 11 is 0. The highest BCUT2D eigenvalue weighted by atomic mass is 32.2. The molecule has 2 aliphatic rings.